The number of likely N-dealkylation sites (tertiary alicyclic amines) is 1. The van der Waals surface area contributed by atoms with Crippen LogP contribution < -0.4 is 5.32 Å². The molecule has 0 saturated carbocycles. The van der Waals surface area contributed by atoms with Crippen molar-refractivity contribution in [1.82, 2.24) is 9.80 Å². The molecule has 1 aliphatic rings. The van der Waals surface area contributed by atoms with Gasteiger partial charge in [0, 0.05) is 11.4 Å². The van der Waals surface area contributed by atoms with Crippen LogP contribution in [0.1, 0.15) is 26.2 Å². The van der Waals surface area contributed by atoms with E-state index in [4.69, 9.17) is 4.74 Å². The fourth-order valence-electron chi connectivity index (χ4n) is 3.27. The first-order valence-electron chi connectivity index (χ1n) is 9.53. The molecule has 1 N–H and O–H groups in total. The second-order valence-electron chi connectivity index (χ2n) is 6.77. The topological polar surface area (TPSA) is 79.0 Å². The van der Waals surface area contributed by atoms with E-state index in [0.29, 0.717) is 19.6 Å². The number of ether oxygens (including phenoxy) is 1. The Morgan fingerprint density at radius 3 is 2.71 bits per heavy atom. The van der Waals surface area contributed by atoms with Crippen molar-refractivity contribution in [1.29, 1.82) is 0 Å². The summed E-state index contributed by atoms with van der Waals surface area (Å²) < 4.78 is 5.11. The minimum Gasteiger partial charge on any atom is -0.464 e. The normalized spacial score (nSPS) is 16.7. The standard InChI is InChI=1S/C20H29N3O4S/c1-4-27-20(26)16-10-7-8-12-23(16)19(25)14-22(2)13-18(24)21-15-9-5-6-11-17(15)28-3/h5-6,9,11,16H,4,7-8,10,12-14H2,1-3H3,(H,21,24)/t16-/m1/s1. The number of nitrogens with one attached hydrogen (secondary N) is 1. The van der Waals surface area contributed by atoms with Gasteiger partial charge < -0.3 is 15.0 Å². The lowest BCUT2D eigenvalue weighted by Gasteiger charge is -2.35. The fraction of sp³-hybridized carbons (Fsp3) is 0.550. The molecule has 0 aromatic heterocycles. The third kappa shape index (κ3) is 6.24. The van der Waals surface area contributed by atoms with Crippen LogP contribution in [0.3, 0.4) is 0 Å². The predicted octanol–water partition coefficient (Wildman–Crippen LogP) is 2.22. The lowest BCUT2D eigenvalue weighted by Crippen LogP contribution is -2.51. The molecule has 0 aliphatic carbocycles. The van der Waals surface area contributed by atoms with Crippen LogP contribution in [0.4, 0.5) is 5.69 Å². The number of thioether (sulfide) groups is 1. The Morgan fingerprint density at radius 2 is 2.00 bits per heavy atom. The van der Waals surface area contributed by atoms with Gasteiger partial charge in [-0.3, -0.25) is 14.5 Å². The minimum absolute atomic E-state index is 0.0769. The van der Waals surface area contributed by atoms with Gasteiger partial charge >= 0.3 is 5.97 Å². The highest BCUT2D eigenvalue weighted by Crippen LogP contribution is 2.24. The van der Waals surface area contributed by atoms with E-state index >= 15 is 0 Å². The molecule has 8 heteroatoms. The number of benzene rings is 1. The van der Waals surface area contributed by atoms with Crippen LogP contribution in [0, 0.1) is 0 Å². The van der Waals surface area contributed by atoms with Gasteiger partial charge in [0.25, 0.3) is 0 Å². The molecule has 1 fully saturated rings. The van der Waals surface area contributed by atoms with Crippen molar-refractivity contribution >= 4 is 35.2 Å². The number of likely N-dealkylation sites (N-methyl/N-ethyl adjacent to an activating group) is 1. The molecule has 0 radical (unpaired) electrons. The molecule has 2 amide bonds. The van der Waals surface area contributed by atoms with Crippen molar-refractivity contribution in [2.24, 2.45) is 0 Å². The molecule has 0 unspecified atom stereocenters. The maximum absolute atomic E-state index is 12.7. The Bertz CT molecular complexity index is 698. The summed E-state index contributed by atoms with van der Waals surface area (Å²) in [5, 5.41) is 2.89. The van der Waals surface area contributed by atoms with Gasteiger partial charge in [-0.2, -0.15) is 0 Å². The second-order valence-corrected chi connectivity index (χ2v) is 7.62. The maximum atomic E-state index is 12.7. The number of hydrogen-bond acceptors (Lipinski definition) is 6. The van der Waals surface area contributed by atoms with E-state index in [1.807, 2.05) is 30.5 Å². The Kier molecular flexibility index (Phi) is 8.79. The Balaban J connectivity index is 1.90. The smallest absolute Gasteiger partial charge is 0.328 e. The van der Waals surface area contributed by atoms with E-state index in [1.165, 1.54) is 0 Å². The molecule has 1 aromatic carbocycles. The molecule has 1 aromatic rings. The number of piperidine rings is 1. The van der Waals surface area contributed by atoms with Gasteiger partial charge in [-0.05, 0) is 51.6 Å². The van der Waals surface area contributed by atoms with Crippen LogP contribution in [0.2, 0.25) is 0 Å². The number of carbonyl (C=O) groups is 3. The van der Waals surface area contributed by atoms with Crippen LogP contribution in [0.15, 0.2) is 29.2 Å². The highest BCUT2D eigenvalue weighted by Gasteiger charge is 2.33. The molecule has 7 nitrogen and oxygen atoms in total. The number of anilines is 1. The van der Waals surface area contributed by atoms with E-state index in [1.54, 1.807) is 35.5 Å². The number of para-hydroxylation sites is 1. The molecular weight excluding hydrogens is 378 g/mol. The van der Waals surface area contributed by atoms with Gasteiger partial charge in [-0.1, -0.05) is 12.1 Å². The van der Waals surface area contributed by atoms with Crippen LogP contribution in [-0.2, 0) is 19.1 Å². The maximum Gasteiger partial charge on any atom is 0.328 e. The summed E-state index contributed by atoms with van der Waals surface area (Å²) in [6.45, 7) is 2.77. The van der Waals surface area contributed by atoms with E-state index in [9.17, 15) is 14.4 Å². The van der Waals surface area contributed by atoms with E-state index < -0.39 is 6.04 Å². The number of carbonyl (C=O) groups excluding carboxylic acids is 3. The second kappa shape index (κ2) is 11.1. The van der Waals surface area contributed by atoms with Crippen molar-refractivity contribution in [2.45, 2.75) is 37.1 Å². The van der Waals surface area contributed by atoms with Crippen molar-refractivity contribution in [3.05, 3.63) is 24.3 Å². The van der Waals surface area contributed by atoms with Crippen LogP contribution in [0.25, 0.3) is 0 Å². The molecule has 154 valence electrons. The summed E-state index contributed by atoms with van der Waals surface area (Å²) in [5.74, 6) is -0.681. The van der Waals surface area contributed by atoms with Gasteiger partial charge in [0.2, 0.25) is 11.8 Å². The summed E-state index contributed by atoms with van der Waals surface area (Å²) in [4.78, 5) is 41.4. The summed E-state index contributed by atoms with van der Waals surface area (Å²) in [6, 6.07) is 7.07. The Morgan fingerprint density at radius 1 is 1.25 bits per heavy atom. The molecule has 1 heterocycles. The molecule has 1 aliphatic heterocycles. The average Bonchev–Trinajstić information content (AvgIpc) is 2.68. The molecular formula is C20H29N3O4S. The lowest BCUT2D eigenvalue weighted by molar-refractivity contribution is -0.157. The van der Waals surface area contributed by atoms with Gasteiger partial charge in [0.15, 0.2) is 0 Å². The number of esters is 1. The highest BCUT2D eigenvalue weighted by atomic mass is 32.2. The molecule has 28 heavy (non-hydrogen) atoms. The first kappa shape index (κ1) is 22.2. The molecule has 0 spiro atoms. The zero-order valence-electron chi connectivity index (χ0n) is 16.8. The molecule has 2 rings (SSSR count). The van der Waals surface area contributed by atoms with Gasteiger partial charge in [-0.25, -0.2) is 4.79 Å². The van der Waals surface area contributed by atoms with Crippen molar-refractivity contribution in [2.75, 3.05) is 44.9 Å². The quantitative estimate of drug-likeness (QED) is 0.526. The minimum atomic E-state index is -0.517. The Labute approximate surface area is 170 Å². The third-order valence-corrected chi connectivity index (χ3v) is 5.38. The summed E-state index contributed by atoms with van der Waals surface area (Å²) in [6.07, 6.45) is 4.35. The van der Waals surface area contributed by atoms with E-state index in [-0.39, 0.29) is 30.9 Å². The zero-order valence-corrected chi connectivity index (χ0v) is 17.6. The number of rotatable bonds is 8. The van der Waals surface area contributed by atoms with Gasteiger partial charge in [-0.15, -0.1) is 11.8 Å². The van der Waals surface area contributed by atoms with Crippen molar-refractivity contribution in [3.63, 3.8) is 0 Å². The van der Waals surface area contributed by atoms with Crippen LogP contribution >= 0.6 is 11.8 Å². The lowest BCUT2D eigenvalue weighted by atomic mass is 10.0. The van der Waals surface area contributed by atoms with Gasteiger partial charge in [0.05, 0.1) is 25.4 Å². The largest absolute Gasteiger partial charge is 0.464 e. The van der Waals surface area contributed by atoms with E-state index in [2.05, 4.69) is 5.32 Å². The molecule has 1 saturated heterocycles. The van der Waals surface area contributed by atoms with Crippen LogP contribution in [0.5, 0.6) is 0 Å². The number of hydrogen-bond donors (Lipinski definition) is 1. The molecule has 0 bridgehead atoms. The number of amides is 2. The fourth-order valence-corrected chi connectivity index (χ4v) is 3.83. The Hall–Kier alpha value is -2.06. The van der Waals surface area contributed by atoms with Crippen molar-refractivity contribution < 1.29 is 19.1 Å². The molecule has 1 atom stereocenters. The number of nitrogens with zero attached hydrogens (tertiary/aromatic N) is 2. The first-order chi connectivity index (χ1) is 13.5. The van der Waals surface area contributed by atoms with Crippen molar-refractivity contribution in [3.8, 4) is 0 Å². The summed E-state index contributed by atoms with van der Waals surface area (Å²) in [7, 11) is 1.72. The summed E-state index contributed by atoms with van der Waals surface area (Å²) in [5.41, 5.74) is 0.762. The SMILES string of the molecule is CCOC(=O)[C@H]1CCCCN1C(=O)CN(C)CC(=O)Nc1ccccc1SC. The average molecular weight is 408 g/mol. The third-order valence-electron chi connectivity index (χ3n) is 4.58. The van der Waals surface area contributed by atoms with Gasteiger partial charge in [0.1, 0.15) is 6.04 Å². The first-order valence-corrected chi connectivity index (χ1v) is 10.8. The zero-order chi connectivity index (χ0) is 20.5. The van der Waals surface area contributed by atoms with Crippen LogP contribution in [-0.4, -0.2) is 73.2 Å². The van der Waals surface area contributed by atoms with E-state index in [0.717, 1.165) is 23.4 Å². The summed E-state index contributed by atoms with van der Waals surface area (Å²) >= 11 is 1.56. The predicted molar refractivity (Wildman–Crippen MR) is 110 cm³/mol. The monoisotopic (exact) mass is 407 g/mol. The highest BCUT2D eigenvalue weighted by molar-refractivity contribution is 7.98.